The Morgan fingerprint density at radius 2 is 2.33 bits per heavy atom. The molecule has 0 amide bonds. The summed E-state index contributed by atoms with van der Waals surface area (Å²) in [5.74, 6) is 6.54. The molecule has 2 rings (SSSR count). The number of ether oxygens (including phenoxy) is 2. The van der Waals surface area contributed by atoms with Crippen LogP contribution in [0.1, 0.15) is 11.1 Å². The number of nitrogens with zero attached hydrogens (tertiary/aromatic N) is 2. The summed E-state index contributed by atoms with van der Waals surface area (Å²) in [5, 5.41) is 11.5. The van der Waals surface area contributed by atoms with Crippen molar-refractivity contribution in [3.05, 3.63) is 47.4 Å². The second-order valence-electron chi connectivity index (χ2n) is 4.20. The third-order valence-electron chi connectivity index (χ3n) is 2.75. The van der Waals surface area contributed by atoms with E-state index in [0.717, 1.165) is 11.1 Å². The molecule has 1 N–H and O–H groups in total. The molecule has 1 unspecified atom stereocenters. The van der Waals surface area contributed by atoms with Gasteiger partial charge < -0.3 is 14.8 Å². The third-order valence-corrected chi connectivity index (χ3v) is 2.75. The Kier molecular flexibility index (Phi) is 5.40. The molecule has 0 saturated heterocycles. The van der Waals surface area contributed by atoms with E-state index in [-0.39, 0.29) is 6.61 Å². The summed E-state index contributed by atoms with van der Waals surface area (Å²) < 4.78 is 10.7. The molecular formula is C16H15N3O2. The number of hydrogen-bond donors (Lipinski definition) is 1. The number of methoxy groups -OCH3 is 1. The minimum atomic E-state index is -0.463. The number of rotatable bonds is 4. The molecular weight excluding hydrogens is 266 g/mol. The highest BCUT2D eigenvalue weighted by atomic mass is 16.5. The monoisotopic (exact) mass is 281 g/mol. The summed E-state index contributed by atoms with van der Waals surface area (Å²) in [4.78, 5) is 4.11. The zero-order chi connectivity index (χ0) is 14.9. The van der Waals surface area contributed by atoms with Gasteiger partial charge in [0, 0.05) is 11.8 Å². The highest BCUT2D eigenvalue weighted by molar-refractivity contribution is 5.58. The van der Waals surface area contributed by atoms with Crippen molar-refractivity contribution < 1.29 is 9.47 Å². The van der Waals surface area contributed by atoms with Crippen LogP contribution in [0.5, 0.6) is 0 Å². The first-order valence-corrected chi connectivity index (χ1v) is 6.41. The molecule has 1 aliphatic heterocycles. The van der Waals surface area contributed by atoms with Crippen molar-refractivity contribution in [3.63, 3.8) is 0 Å². The van der Waals surface area contributed by atoms with E-state index < -0.39 is 6.23 Å². The van der Waals surface area contributed by atoms with E-state index in [1.165, 1.54) is 0 Å². The number of nitrogens with one attached hydrogen (secondary N) is 1. The smallest absolute Gasteiger partial charge is 0.210 e. The fraction of sp³-hybridized carbons (Fsp3) is 0.250. The Morgan fingerprint density at radius 3 is 3.14 bits per heavy atom. The normalized spacial score (nSPS) is 16.0. The molecule has 5 heteroatoms. The molecule has 1 aliphatic rings. The predicted molar refractivity (Wildman–Crippen MR) is 79.1 cm³/mol. The topological polar surface area (TPSA) is 66.6 Å². The summed E-state index contributed by atoms with van der Waals surface area (Å²) in [6, 6.07) is 9.72. The molecule has 1 atom stereocenters. The van der Waals surface area contributed by atoms with Crippen molar-refractivity contribution in [3.8, 4) is 17.9 Å². The maximum Gasteiger partial charge on any atom is 0.210 e. The molecule has 1 aromatic carbocycles. The van der Waals surface area contributed by atoms with E-state index in [1.54, 1.807) is 19.6 Å². The molecule has 1 heterocycles. The SMILES string of the molecule is COC1=CNC=NC1OCC#Cc1cccc(CC#N)c1. The van der Waals surface area contributed by atoms with Gasteiger partial charge in [-0.3, -0.25) is 0 Å². The van der Waals surface area contributed by atoms with Crippen LogP contribution in [-0.2, 0) is 15.9 Å². The van der Waals surface area contributed by atoms with Gasteiger partial charge in [-0.15, -0.1) is 0 Å². The Morgan fingerprint density at radius 1 is 1.43 bits per heavy atom. The van der Waals surface area contributed by atoms with Gasteiger partial charge in [0.15, 0.2) is 5.76 Å². The fourth-order valence-corrected chi connectivity index (χ4v) is 1.77. The minimum absolute atomic E-state index is 0.241. The second-order valence-corrected chi connectivity index (χ2v) is 4.20. The van der Waals surface area contributed by atoms with Crippen LogP contribution < -0.4 is 5.32 Å². The number of hydrogen-bond acceptors (Lipinski definition) is 5. The fourth-order valence-electron chi connectivity index (χ4n) is 1.77. The lowest BCUT2D eigenvalue weighted by atomic mass is 10.1. The van der Waals surface area contributed by atoms with Crippen molar-refractivity contribution in [2.75, 3.05) is 13.7 Å². The molecule has 21 heavy (non-hydrogen) atoms. The van der Waals surface area contributed by atoms with Crippen LogP contribution >= 0.6 is 0 Å². The Balaban J connectivity index is 1.91. The van der Waals surface area contributed by atoms with E-state index in [9.17, 15) is 0 Å². The zero-order valence-electron chi connectivity index (χ0n) is 11.7. The van der Waals surface area contributed by atoms with E-state index in [0.29, 0.717) is 12.2 Å². The van der Waals surface area contributed by atoms with Gasteiger partial charge in [0.05, 0.1) is 25.9 Å². The average Bonchev–Trinajstić information content (AvgIpc) is 2.53. The molecule has 0 aliphatic carbocycles. The van der Waals surface area contributed by atoms with Crippen LogP contribution in [0, 0.1) is 23.2 Å². The lowest BCUT2D eigenvalue weighted by molar-refractivity contribution is 0.0635. The summed E-state index contributed by atoms with van der Waals surface area (Å²) in [5.41, 5.74) is 1.82. The molecule has 5 nitrogen and oxygen atoms in total. The first-order valence-electron chi connectivity index (χ1n) is 6.41. The van der Waals surface area contributed by atoms with Crippen molar-refractivity contribution in [1.29, 1.82) is 5.26 Å². The molecule has 0 radical (unpaired) electrons. The molecule has 0 aromatic heterocycles. The van der Waals surface area contributed by atoms with Crippen molar-refractivity contribution in [2.45, 2.75) is 12.6 Å². The summed E-state index contributed by atoms with van der Waals surface area (Å²) in [7, 11) is 1.57. The number of nitriles is 1. The van der Waals surface area contributed by atoms with Gasteiger partial charge in [-0.05, 0) is 17.7 Å². The molecule has 106 valence electrons. The third kappa shape index (κ3) is 4.38. The molecule has 0 fully saturated rings. The quantitative estimate of drug-likeness (QED) is 0.851. The zero-order valence-corrected chi connectivity index (χ0v) is 11.7. The minimum Gasteiger partial charge on any atom is -0.495 e. The predicted octanol–water partition coefficient (Wildman–Crippen LogP) is 1.57. The molecule has 1 aromatic rings. The van der Waals surface area contributed by atoms with Crippen LogP contribution in [0.3, 0.4) is 0 Å². The van der Waals surface area contributed by atoms with Crippen LogP contribution in [0.15, 0.2) is 41.2 Å². The molecule has 0 saturated carbocycles. The van der Waals surface area contributed by atoms with Crippen molar-refractivity contribution in [1.82, 2.24) is 5.32 Å². The van der Waals surface area contributed by atoms with Gasteiger partial charge in [0.1, 0.15) is 6.61 Å². The number of benzene rings is 1. The van der Waals surface area contributed by atoms with Crippen LogP contribution in [-0.4, -0.2) is 26.3 Å². The van der Waals surface area contributed by atoms with Gasteiger partial charge in [-0.2, -0.15) is 5.26 Å². The van der Waals surface area contributed by atoms with E-state index in [1.807, 2.05) is 24.3 Å². The van der Waals surface area contributed by atoms with Crippen LogP contribution in [0.25, 0.3) is 0 Å². The highest BCUT2D eigenvalue weighted by Crippen LogP contribution is 2.10. The van der Waals surface area contributed by atoms with Gasteiger partial charge >= 0.3 is 0 Å². The number of aliphatic imine (C=N–C) groups is 1. The maximum absolute atomic E-state index is 8.68. The Labute approximate surface area is 123 Å². The molecule has 0 spiro atoms. The summed E-state index contributed by atoms with van der Waals surface area (Å²) in [6.45, 7) is 0.241. The van der Waals surface area contributed by atoms with Gasteiger partial charge in [-0.25, -0.2) is 4.99 Å². The largest absolute Gasteiger partial charge is 0.495 e. The Bertz CT molecular complexity index is 647. The van der Waals surface area contributed by atoms with E-state index >= 15 is 0 Å². The van der Waals surface area contributed by atoms with E-state index in [4.69, 9.17) is 14.7 Å². The standard InChI is InChI=1S/C16H15N3O2/c1-20-15-11-18-12-19-16(15)21-9-3-6-13-4-2-5-14(10-13)7-8-17/h2,4-5,10-12,16H,7,9H2,1H3,(H,18,19). The first-order chi connectivity index (χ1) is 10.3. The van der Waals surface area contributed by atoms with Gasteiger partial charge in [0.2, 0.25) is 6.23 Å². The maximum atomic E-state index is 8.68. The average molecular weight is 281 g/mol. The Hall–Kier alpha value is -2.76. The van der Waals surface area contributed by atoms with Crippen LogP contribution in [0.4, 0.5) is 0 Å². The first kappa shape index (κ1) is 14.6. The lowest BCUT2D eigenvalue weighted by Gasteiger charge is -2.17. The van der Waals surface area contributed by atoms with Crippen molar-refractivity contribution >= 4 is 6.34 Å². The van der Waals surface area contributed by atoms with Gasteiger partial charge in [-0.1, -0.05) is 24.0 Å². The van der Waals surface area contributed by atoms with Gasteiger partial charge in [0.25, 0.3) is 0 Å². The highest BCUT2D eigenvalue weighted by Gasteiger charge is 2.15. The second kappa shape index (κ2) is 7.74. The van der Waals surface area contributed by atoms with Crippen LogP contribution in [0.2, 0.25) is 0 Å². The summed E-state index contributed by atoms with van der Waals surface area (Å²) in [6.07, 6.45) is 3.16. The van der Waals surface area contributed by atoms with Crippen molar-refractivity contribution in [2.24, 2.45) is 4.99 Å². The lowest BCUT2D eigenvalue weighted by Crippen LogP contribution is -2.23. The molecule has 0 bridgehead atoms. The van der Waals surface area contributed by atoms with E-state index in [2.05, 4.69) is 28.2 Å². The summed E-state index contributed by atoms with van der Waals surface area (Å²) >= 11 is 0.